The molecule has 3 aromatic rings. The Balaban J connectivity index is 1.46. The summed E-state index contributed by atoms with van der Waals surface area (Å²) in [6, 6.07) is 8.27. The molecule has 2 aromatic heterocycles. The fourth-order valence-electron chi connectivity index (χ4n) is 4.04. The summed E-state index contributed by atoms with van der Waals surface area (Å²) >= 11 is 12.4. The smallest absolute Gasteiger partial charge is 0.137 e. The zero-order valence-corrected chi connectivity index (χ0v) is 15.5. The Morgan fingerprint density at radius 3 is 2.73 bits per heavy atom. The molecule has 2 unspecified atom stereocenters. The number of piperazine rings is 1. The van der Waals surface area contributed by atoms with Gasteiger partial charge in [-0.3, -0.25) is 4.90 Å². The van der Waals surface area contributed by atoms with Crippen LogP contribution < -0.4 is 5.32 Å². The lowest BCUT2D eigenvalue weighted by Gasteiger charge is -2.48. The molecular weight excluding hydrogens is 371 g/mol. The summed E-state index contributed by atoms with van der Waals surface area (Å²) in [5, 5.41) is 14.5. The molecule has 0 spiro atoms. The SMILES string of the molecule is Oc1ccc(Cl)c(Cl)c1-c1ccn2cc(CN3CC4CC(C3)N4)nc2c1. The lowest BCUT2D eigenvalue weighted by molar-refractivity contribution is 0.0718. The van der Waals surface area contributed by atoms with Crippen LogP contribution in [0.15, 0.2) is 36.7 Å². The third-order valence-corrected chi connectivity index (χ3v) is 6.06. The Bertz CT molecular complexity index is 987. The van der Waals surface area contributed by atoms with Crippen molar-refractivity contribution in [3.63, 3.8) is 0 Å². The number of benzene rings is 1. The van der Waals surface area contributed by atoms with Crippen molar-refractivity contribution in [1.29, 1.82) is 0 Å². The first kappa shape index (κ1) is 16.4. The molecule has 134 valence electrons. The number of piperidine rings is 1. The molecule has 0 aliphatic carbocycles. The minimum atomic E-state index is 0.107. The van der Waals surface area contributed by atoms with Crippen molar-refractivity contribution in [2.45, 2.75) is 25.0 Å². The highest BCUT2D eigenvalue weighted by Crippen LogP contribution is 2.40. The molecule has 0 saturated carbocycles. The second-order valence-electron chi connectivity index (χ2n) is 7.16. The van der Waals surface area contributed by atoms with Gasteiger partial charge in [0.15, 0.2) is 0 Å². The van der Waals surface area contributed by atoms with Crippen LogP contribution in [0.5, 0.6) is 5.75 Å². The second-order valence-corrected chi connectivity index (χ2v) is 7.94. The number of hydrogen-bond acceptors (Lipinski definition) is 4. The van der Waals surface area contributed by atoms with E-state index in [1.54, 1.807) is 12.1 Å². The number of phenols is 1. The minimum absolute atomic E-state index is 0.107. The van der Waals surface area contributed by atoms with Crippen molar-refractivity contribution in [3.8, 4) is 16.9 Å². The lowest BCUT2D eigenvalue weighted by atomic mass is 9.91. The maximum absolute atomic E-state index is 10.2. The molecule has 5 heterocycles. The summed E-state index contributed by atoms with van der Waals surface area (Å²) in [6.45, 7) is 3.03. The van der Waals surface area contributed by atoms with Gasteiger partial charge in [0.25, 0.3) is 0 Å². The van der Waals surface area contributed by atoms with Crippen LogP contribution in [-0.2, 0) is 6.54 Å². The summed E-state index contributed by atoms with van der Waals surface area (Å²) in [5.74, 6) is 0.107. The number of rotatable bonds is 3. The molecule has 6 rings (SSSR count). The van der Waals surface area contributed by atoms with Crippen LogP contribution in [-0.4, -0.2) is 44.6 Å². The molecule has 3 saturated heterocycles. The quantitative estimate of drug-likeness (QED) is 0.720. The van der Waals surface area contributed by atoms with Crippen molar-refractivity contribution in [2.75, 3.05) is 13.1 Å². The van der Waals surface area contributed by atoms with Crippen molar-refractivity contribution < 1.29 is 5.11 Å². The van der Waals surface area contributed by atoms with Crippen LogP contribution in [0.25, 0.3) is 16.8 Å². The van der Waals surface area contributed by atoms with Crippen LogP contribution >= 0.6 is 23.2 Å². The summed E-state index contributed by atoms with van der Waals surface area (Å²) in [6.07, 6.45) is 5.30. The first-order valence-electron chi connectivity index (χ1n) is 8.70. The molecule has 7 heteroatoms. The van der Waals surface area contributed by atoms with Gasteiger partial charge in [-0.1, -0.05) is 23.2 Å². The number of halogens is 2. The summed E-state index contributed by atoms with van der Waals surface area (Å²) in [4.78, 5) is 7.21. The van der Waals surface area contributed by atoms with Gasteiger partial charge in [-0.2, -0.15) is 0 Å². The van der Waals surface area contributed by atoms with E-state index in [2.05, 4.69) is 16.4 Å². The van der Waals surface area contributed by atoms with Gasteiger partial charge in [0.2, 0.25) is 0 Å². The molecule has 0 amide bonds. The molecule has 2 bridgehead atoms. The van der Waals surface area contributed by atoms with Crippen LogP contribution in [0.4, 0.5) is 0 Å². The van der Waals surface area contributed by atoms with Crippen LogP contribution in [0.1, 0.15) is 12.1 Å². The van der Waals surface area contributed by atoms with Gasteiger partial charge in [0.05, 0.1) is 15.7 Å². The minimum Gasteiger partial charge on any atom is -0.507 e. The van der Waals surface area contributed by atoms with Crippen molar-refractivity contribution in [1.82, 2.24) is 19.6 Å². The Kier molecular flexibility index (Phi) is 3.87. The topological polar surface area (TPSA) is 52.8 Å². The van der Waals surface area contributed by atoms with Gasteiger partial charge in [0, 0.05) is 49.7 Å². The highest BCUT2D eigenvalue weighted by atomic mass is 35.5. The molecule has 2 N–H and O–H groups in total. The number of nitrogens with one attached hydrogen (secondary N) is 1. The number of phenolic OH excluding ortho intramolecular Hbond substituents is 1. The number of aromatic hydroxyl groups is 1. The number of hydrogen-bond donors (Lipinski definition) is 2. The summed E-state index contributed by atoms with van der Waals surface area (Å²) in [7, 11) is 0. The molecular formula is C19H18Cl2N4O. The zero-order valence-electron chi connectivity index (χ0n) is 14.0. The van der Waals surface area contributed by atoms with E-state index in [0.717, 1.165) is 36.5 Å². The molecule has 26 heavy (non-hydrogen) atoms. The van der Waals surface area contributed by atoms with Crippen LogP contribution in [0.3, 0.4) is 0 Å². The number of pyridine rings is 1. The molecule has 3 aliphatic heterocycles. The van der Waals surface area contributed by atoms with Gasteiger partial charge in [0.1, 0.15) is 11.4 Å². The first-order valence-corrected chi connectivity index (χ1v) is 9.46. The highest BCUT2D eigenvalue weighted by molar-refractivity contribution is 6.44. The Morgan fingerprint density at radius 2 is 1.96 bits per heavy atom. The molecule has 3 aliphatic rings. The fourth-order valence-corrected chi connectivity index (χ4v) is 4.47. The van der Waals surface area contributed by atoms with Crippen molar-refractivity contribution in [2.24, 2.45) is 0 Å². The van der Waals surface area contributed by atoms with E-state index in [9.17, 15) is 5.11 Å². The molecule has 1 aromatic carbocycles. The molecule has 0 radical (unpaired) electrons. The Hall–Kier alpha value is -1.79. The maximum atomic E-state index is 10.2. The summed E-state index contributed by atoms with van der Waals surface area (Å²) in [5.41, 5.74) is 3.20. The van der Waals surface area contributed by atoms with E-state index in [1.807, 2.05) is 22.7 Å². The monoisotopic (exact) mass is 388 g/mol. The van der Waals surface area contributed by atoms with E-state index in [0.29, 0.717) is 27.7 Å². The summed E-state index contributed by atoms with van der Waals surface area (Å²) < 4.78 is 2.00. The maximum Gasteiger partial charge on any atom is 0.137 e. The first-order chi connectivity index (χ1) is 12.6. The Morgan fingerprint density at radius 1 is 1.19 bits per heavy atom. The second kappa shape index (κ2) is 6.13. The van der Waals surface area contributed by atoms with Gasteiger partial charge in [-0.05, 0) is 36.2 Å². The van der Waals surface area contributed by atoms with E-state index in [-0.39, 0.29) is 5.75 Å². The van der Waals surface area contributed by atoms with Crippen LogP contribution in [0, 0.1) is 0 Å². The standard InChI is InChI=1S/C19H18Cl2N4O/c20-15-1-2-16(26)18(19(15)21)11-3-4-25-10-14(23-17(25)5-11)9-24-7-12-6-13(8-24)22-12/h1-5,10,12-13,22,26H,6-9H2. The highest BCUT2D eigenvalue weighted by Gasteiger charge is 2.36. The third kappa shape index (κ3) is 2.76. The van der Waals surface area contributed by atoms with Gasteiger partial charge in [-0.15, -0.1) is 0 Å². The van der Waals surface area contributed by atoms with Gasteiger partial charge >= 0.3 is 0 Å². The predicted octanol–water partition coefficient (Wildman–Crippen LogP) is 3.56. The molecule has 3 fully saturated rings. The fraction of sp³-hybridized carbons (Fsp3) is 0.316. The van der Waals surface area contributed by atoms with E-state index in [4.69, 9.17) is 28.2 Å². The molecule has 5 nitrogen and oxygen atoms in total. The predicted molar refractivity (Wildman–Crippen MR) is 103 cm³/mol. The lowest BCUT2D eigenvalue weighted by Crippen LogP contribution is -2.66. The average molecular weight is 389 g/mol. The number of fused-ring (bicyclic) bond motifs is 3. The van der Waals surface area contributed by atoms with Crippen molar-refractivity contribution >= 4 is 28.8 Å². The number of nitrogens with zero attached hydrogens (tertiary/aromatic N) is 3. The van der Waals surface area contributed by atoms with E-state index in [1.165, 1.54) is 6.42 Å². The molecule has 2 atom stereocenters. The van der Waals surface area contributed by atoms with Crippen LogP contribution in [0.2, 0.25) is 10.0 Å². The van der Waals surface area contributed by atoms with Gasteiger partial charge < -0.3 is 14.8 Å². The normalized spacial score (nSPS) is 22.5. The van der Waals surface area contributed by atoms with Gasteiger partial charge in [-0.25, -0.2) is 4.98 Å². The largest absolute Gasteiger partial charge is 0.507 e. The zero-order chi connectivity index (χ0) is 17.8. The number of aromatic nitrogens is 2. The van der Waals surface area contributed by atoms with E-state index < -0.39 is 0 Å². The Labute approximate surface area is 161 Å². The average Bonchev–Trinajstić information content (AvgIpc) is 2.99. The third-order valence-electron chi connectivity index (χ3n) is 5.25. The van der Waals surface area contributed by atoms with E-state index >= 15 is 0 Å². The number of imidazole rings is 1. The van der Waals surface area contributed by atoms with Crippen molar-refractivity contribution in [3.05, 3.63) is 52.4 Å².